The van der Waals surface area contributed by atoms with Crippen LogP contribution >= 0.6 is 0 Å². The fourth-order valence-electron chi connectivity index (χ4n) is 4.63. The van der Waals surface area contributed by atoms with E-state index in [0.29, 0.717) is 25.1 Å². The Labute approximate surface area is 239 Å². The normalized spacial score (nSPS) is 12.0. The summed E-state index contributed by atoms with van der Waals surface area (Å²) in [6, 6.07) is 25.9. The van der Waals surface area contributed by atoms with Crippen molar-refractivity contribution in [2.45, 2.75) is 58.5 Å². The molecule has 0 aliphatic rings. The number of rotatable bonds is 15. The molecule has 3 aromatic rings. The summed E-state index contributed by atoms with van der Waals surface area (Å²) in [5.74, 6) is -0.368. The molecule has 1 atom stereocenters. The van der Waals surface area contributed by atoms with Gasteiger partial charge in [-0.2, -0.15) is 0 Å². The van der Waals surface area contributed by atoms with E-state index in [1.54, 1.807) is 11.0 Å². The molecule has 0 aromatic heterocycles. The highest BCUT2D eigenvalue weighted by atomic mass is 32.2. The van der Waals surface area contributed by atoms with Crippen molar-refractivity contribution in [1.29, 1.82) is 0 Å². The summed E-state index contributed by atoms with van der Waals surface area (Å²) in [6.45, 7) is 4.97. The van der Waals surface area contributed by atoms with E-state index in [2.05, 4.69) is 12.2 Å². The number of benzene rings is 3. The maximum atomic E-state index is 13.8. The Morgan fingerprint density at radius 2 is 1.52 bits per heavy atom. The third-order valence-corrected chi connectivity index (χ3v) is 7.93. The summed E-state index contributed by atoms with van der Waals surface area (Å²) < 4.78 is 26.5. The van der Waals surface area contributed by atoms with Crippen LogP contribution in [0.2, 0.25) is 0 Å². The average Bonchev–Trinajstić information content (AvgIpc) is 2.93. The number of nitrogens with zero attached hydrogens (tertiary/aromatic N) is 2. The molecule has 7 nitrogen and oxygen atoms in total. The first-order chi connectivity index (χ1) is 19.2. The van der Waals surface area contributed by atoms with E-state index >= 15 is 0 Å². The number of unbranched alkanes of at least 4 members (excludes halogenated alkanes) is 1. The zero-order valence-electron chi connectivity index (χ0n) is 23.8. The molecule has 0 bridgehead atoms. The van der Waals surface area contributed by atoms with Gasteiger partial charge in [-0.25, -0.2) is 8.42 Å². The van der Waals surface area contributed by atoms with E-state index in [1.165, 1.54) is 10.6 Å². The van der Waals surface area contributed by atoms with E-state index in [0.717, 1.165) is 29.5 Å². The van der Waals surface area contributed by atoms with Crippen LogP contribution in [0.4, 0.5) is 5.69 Å². The van der Waals surface area contributed by atoms with Crippen LogP contribution in [0.3, 0.4) is 0 Å². The molecular formula is C32H41N3O4S. The highest BCUT2D eigenvalue weighted by Crippen LogP contribution is 2.21. The fourth-order valence-corrected chi connectivity index (χ4v) is 5.58. The van der Waals surface area contributed by atoms with Gasteiger partial charge in [-0.05, 0) is 48.6 Å². The fraction of sp³-hybridized carbons (Fsp3) is 0.375. The van der Waals surface area contributed by atoms with Crippen molar-refractivity contribution in [1.82, 2.24) is 10.2 Å². The second-order valence-corrected chi connectivity index (χ2v) is 12.0. The van der Waals surface area contributed by atoms with Crippen LogP contribution in [-0.2, 0) is 32.6 Å². The Bertz CT molecular complexity index is 1330. The molecule has 0 saturated carbocycles. The number of carbonyl (C=O) groups is 2. The Morgan fingerprint density at radius 1 is 0.875 bits per heavy atom. The molecule has 2 amide bonds. The van der Waals surface area contributed by atoms with E-state index in [4.69, 9.17) is 0 Å². The van der Waals surface area contributed by atoms with Crippen molar-refractivity contribution >= 4 is 27.5 Å². The second-order valence-electron chi connectivity index (χ2n) is 10.1. The molecule has 0 spiro atoms. The van der Waals surface area contributed by atoms with Crippen LogP contribution in [0.5, 0.6) is 0 Å². The summed E-state index contributed by atoms with van der Waals surface area (Å²) in [6.07, 6.45) is 3.80. The van der Waals surface area contributed by atoms with Crippen LogP contribution in [0.15, 0.2) is 84.9 Å². The zero-order valence-corrected chi connectivity index (χ0v) is 24.6. The largest absolute Gasteiger partial charge is 0.354 e. The van der Waals surface area contributed by atoms with Gasteiger partial charge < -0.3 is 10.2 Å². The number of carbonyl (C=O) groups excluding carboxylic acids is 2. The zero-order chi connectivity index (χ0) is 29.0. The van der Waals surface area contributed by atoms with Gasteiger partial charge in [0.25, 0.3) is 0 Å². The lowest BCUT2D eigenvalue weighted by molar-refractivity contribution is -0.141. The van der Waals surface area contributed by atoms with Crippen molar-refractivity contribution < 1.29 is 18.0 Å². The van der Waals surface area contributed by atoms with E-state index in [-0.39, 0.29) is 31.3 Å². The molecule has 40 heavy (non-hydrogen) atoms. The monoisotopic (exact) mass is 563 g/mol. The minimum atomic E-state index is -3.54. The van der Waals surface area contributed by atoms with Crippen molar-refractivity contribution in [3.8, 4) is 0 Å². The van der Waals surface area contributed by atoms with Gasteiger partial charge in [0.05, 0.1) is 11.9 Å². The quantitative estimate of drug-likeness (QED) is 0.261. The van der Waals surface area contributed by atoms with Gasteiger partial charge in [-0.3, -0.25) is 13.9 Å². The first kappa shape index (κ1) is 30.9. The molecule has 0 saturated heterocycles. The van der Waals surface area contributed by atoms with E-state index in [9.17, 15) is 18.0 Å². The van der Waals surface area contributed by atoms with Crippen molar-refractivity contribution in [2.75, 3.05) is 23.7 Å². The predicted octanol–water partition coefficient (Wildman–Crippen LogP) is 5.10. The lowest BCUT2D eigenvalue weighted by Crippen LogP contribution is -2.50. The average molecular weight is 564 g/mol. The van der Waals surface area contributed by atoms with Crippen LogP contribution in [0.25, 0.3) is 0 Å². The molecule has 3 rings (SSSR count). The molecule has 0 aliphatic carbocycles. The van der Waals surface area contributed by atoms with Gasteiger partial charge in [0.2, 0.25) is 21.8 Å². The van der Waals surface area contributed by atoms with E-state index < -0.39 is 16.1 Å². The van der Waals surface area contributed by atoms with Gasteiger partial charge in [-0.1, -0.05) is 86.1 Å². The molecule has 0 fully saturated rings. The molecule has 8 heteroatoms. The highest BCUT2D eigenvalue weighted by molar-refractivity contribution is 7.92. The lowest BCUT2D eigenvalue weighted by Gasteiger charge is -2.32. The number of hydrogen-bond donors (Lipinski definition) is 1. The molecule has 3 aromatic carbocycles. The Balaban J connectivity index is 1.84. The lowest BCUT2D eigenvalue weighted by atomic mass is 10.0. The maximum Gasteiger partial charge on any atom is 0.243 e. The summed E-state index contributed by atoms with van der Waals surface area (Å²) in [5, 5.41) is 3.03. The Kier molecular flexibility index (Phi) is 11.8. The number of aryl methyl sites for hydroxylation is 1. The molecule has 0 aliphatic heterocycles. The van der Waals surface area contributed by atoms with Crippen LogP contribution in [0.1, 0.15) is 49.3 Å². The molecule has 0 unspecified atom stereocenters. The maximum absolute atomic E-state index is 13.8. The standard InChI is InChI=1S/C32H41N3O4S/c1-4-5-21-33-32(37)30(24-27-15-8-6-9-16-27)34(25-28-17-10-7-11-18-28)31(36)20-13-22-35(40(3,38)39)29-19-12-14-26(2)23-29/h6-12,14-19,23,30H,4-5,13,20-22,24-25H2,1-3H3,(H,33,37)/t30-/m1/s1. The summed E-state index contributed by atoms with van der Waals surface area (Å²) in [7, 11) is -3.54. The van der Waals surface area contributed by atoms with Gasteiger partial charge in [0.1, 0.15) is 6.04 Å². The summed E-state index contributed by atoms with van der Waals surface area (Å²) in [4.78, 5) is 29.0. The summed E-state index contributed by atoms with van der Waals surface area (Å²) in [5.41, 5.74) is 3.42. The Morgan fingerprint density at radius 3 is 2.12 bits per heavy atom. The molecule has 0 heterocycles. The van der Waals surface area contributed by atoms with Crippen molar-refractivity contribution in [3.05, 3.63) is 102 Å². The molecule has 1 N–H and O–H groups in total. The SMILES string of the molecule is CCCCNC(=O)[C@@H](Cc1ccccc1)N(Cc1ccccc1)C(=O)CCCN(c1cccc(C)c1)S(C)(=O)=O. The number of hydrogen-bond acceptors (Lipinski definition) is 4. The molecule has 0 radical (unpaired) electrons. The third-order valence-electron chi connectivity index (χ3n) is 6.74. The van der Waals surface area contributed by atoms with Gasteiger partial charge >= 0.3 is 0 Å². The molecular weight excluding hydrogens is 522 g/mol. The number of nitrogens with one attached hydrogen (secondary N) is 1. The first-order valence-corrected chi connectivity index (χ1v) is 15.7. The van der Waals surface area contributed by atoms with Crippen LogP contribution in [0, 0.1) is 6.92 Å². The highest BCUT2D eigenvalue weighted by Gasteiger charge is 2.30. The van der Waals surface area contributed by atoms with Crippen molar-refractivity contribution in [2.24, 2.45) is 0 Å². The van der Waals surface area contributed by atoms with E-state index in [1.807, 2.05) is 85.8 Å². The van der Waals surface area contributed by atoms with Crippen LogP contribution in [-0.4, -0.2) is 50.5 Å². The third kappa shape index (κ3) is 9.52. The minimum absolute atomic E-state index is 0.109. The van der Waals surface area contributed by atoms with Crippen molar-refractivity contribution in [3.63, 3.8) is 0 Å². The number of anilines is 1. The smallest absolute Gasteiger partial charge is 0.243 e. The minimum Gasteiger partial charge on any atom is -0.354 e. The number of amides is 2. The van der Waals surface area contributed by atoms with Gasteiger partial charge in [0.15, 0.2) is 0 Å². The van der Waals surface area contributed by atoms with Gasteiger partial charge in [0, 0.05) is 32.5 Å². The molecule has 214 valence electrons. The van der Waals surface area contributed by atoms with Crippen LogP contribution < -0.4 is 9.62 Å². The first-order valence-electron chi connectivity index (χ1n) is 13.9. The second kappa shape index (κ2) is 15.2. The predicted molar refractivity (Wildman–Crippen MR) is 161 cm³/mol. The topological polar surface area (TPSA) is 86.8 Å². The number of sulfonamides is 1. The van der Waals surface area contributed by atoms with Gasteiger partial charge in [-0.15, -0.1) is 0 Å². The summed E-state index contributed by atoms with van der Waals surface area (Å²) >= 11 is 0. The Hall–Kier alpha value is -3.65.